The monoisotopic (exact) mass is 522 g/mol. The minimum atomic E-state index is -4.28. The number of ether oxygens (including phenoxy) is 2. The molecule has 0 aliphatic carbocycles. The number of aromatic nitrogens is 2. The van der Waals surface area contributed by atoms with Gasteiger partial charge >= 0.3 is 19.4 Å². The van der Waals surface area contributed by atoms with Crippen molar-refractivity contribution in [1.82, 2.24) is 14.6 Å². The first-order chi connectivity index (χ1) is 17.0. The molecule has 1 fully saturated rings. The Morgan fingerprint density at radius 2 is 2.11 bits per heavy atom. The van der Waals surface area contributed by atoms with Crippen molar-refractivity contribution in [2.45, 2.75) is 43.9 Å². The third kappa shape index (κ3) is 6.30. The summed E-state index contributed by atoms with van der Waals surface area (Å²) in [5, 5.41) is 24.0. The highest BCUT2D eigenvalue weighted by Crippen LogP contribution is 2.46. The van der Waals surface area contributed by atoms with Crippen molar-refractivity contribution in [3.8, 4) is 18.1 Å². The van der Waals surface area contributed by atoms with E-state index in [-0.39, 0.29) is 18.2 Å². The van der Waals surface area contributed by atoms with Crippen molar-refractivity contribution in [1.29, 1.82) is 0 Å². The van der Waals surface area contributed by atoms with Gasteiger partial charge in [0.2, 0.25) is 0 Å². The molecule has 1 aromatic heterocycles. The SMILES string of the molecule is C#CCOC(=O)[C@H](C)N[P@](=O)(OC[C@H]1O[C@@H](n2ccc(N)nc2=O)[C@](C)(O)[C@@H]1O)Oc1ccccc1. The number of aliphatic hydroxyl groups is 2. The lowest BCUT2D eigenvalue weighted by atomic mass is 9.96. The van der Waals surface area contributed by atoms with Gasteiger partial charge in [-0.3, -0.25) is 13.9 Å². The molecule has 1 aliphatic heterocycles. The minimum absolute atomic E-state index is 0.0331. The molecule has 194 valence electrons. The number of benzene rings is 1. The van der Waals surface area contributed by atoms with Crippen molar-refractivity contribution in [2.75, 3.05) is 18.9 Å². The standard InChI is InChI=1S/C22H27N4O9P/c1-4-12-32-19(28)14(2)25-36(31,35-15-8-6-5-7-9-15)33-13-16-18(27)22(3,30)20(34-16)26-11-10-17(23)24-21(26)29/h1,5-11,14,16,18,20,27,30H,12-13H2,2-3H3,(H,25,31)(H2,23,24,29)/t14-,16+,18+,20+,22+,36-/m0/s1. The molecule has 0 amide bonds. The molecular formula is C22H27N4O9P. The highest BCUT2D eigenvalue weighted by molar-refractivity contribution is 7.52. The first-order valence-electron chi connectivity index (χ1n) is 10.7. The third-order valence-electron chi connectivity index (χ3n) is 5.24. The van der Waals surface area contributed by atoms with Crippen LogP contribution >= 0.6 is 7.75 Å². The summed E-state index contributed by atoms with van der Waals surface area (Å²) in [5.41, 5.74) is 2.73. The predicted octanol–water partition coefficient (Wildman–Crippen LogP) is 0.193. The second kappa shape index (κ2) is 11.2. The van der Waals surface area contributed by atoms with Gasteiger partial charge in [-0.15, -0.1) is 6.42 Å². The number of aliphatic hydroxyl groups excluding tert-OH is 1. The molecule has 2 aromatic rings. The molecule has 13 nitrogen and oxygen atoms in total. The van der Waals surface area contributed by atoms with Gasteiger partial charge in [-0.05, 0) is 32.0 Å². The van der Waals surface area contributed by atoms with Crippen LogP contribution in [0, 0.1) is 12.3 Å². The van der Waals surface area contributed by atoms with Crippen LogP contribution in [0.15, 0.2) is 47.4 Å². The molecule has 2 heterocycles. The van der Waals surface area contributed by atoms with Gasteiger partial charge in [-0.1, -0.05) is 24.1 Å². The number of para-hydroxylation sites is 1. The van der Waals surface area contributed by atoms with Gasteiger partial charge in [0.15, 0.2) is 12.8 Å². The zero-order chi connectivity index (χ0) is 26.5. The Morgan fingerprint density at radius 1 is 1.42 bits per heavy atom. The van der Waals surface area contributed by atoms with Crippen LogP contribution in [-0.4, -0.2) is 62.8 Å². The van der Waals surface area contributed by atoms with Crippen molar-refractivity contribution < 1.29 is 38.1 Å². The summed E-state index contributed by atoms with van der Waals surface area (Å²) in [6, 6.07) is 8.18. The maximum absolute atomic E-state index is 13.6. The lowest BCUT2D eigenvalue weighted by molar-refractivity contribution is -0.143. The normalized spacial score (nSPS) is 25.9. The highest BCUT2D eigenvalue weighted by atomic mass is 31.2. The summed E-state index contributed by atoms with van der Waals surface area (Å²) in [6.45, 7) is 1.78. The van der Waals surface area contributed by atoms with E-state index in [1.54, 1.807) is 18.2 Å². The maximum Gasteiger partial charge on any atom is 0.459 e. The van der Waals surface area contributed by atoms with Gasteiger partial charge in [-0.2, -0.15) is 10.1 Å². The fraction of sp³-hybridized carbons (Fsp3) is 0.409. The Hall–Kier alpha value is -3.24. The lowest BCUT2D eigenvalue weighted by Gasteiger charge is -2.27. The van der Waals surface area contributed by atoms with Crippen LogP contribution < -0.4 is 21.0 Å². The van der Waals surface area contributed by atoms with Gasteiger partial charge in [-0.25, -0.2) is 9.36 Å². The van der Waals surface area contributed by atoms with E-state index in [4.69, 9.17) is 30.7 Å². The van der Waals surface area contributed by atoms with E-state index >= 15 is 0 Å². The van der Waals surface area contributed by atoms with Gasteiger partial charge in [0.25, 0.3) is 0 Å². The average Bonchev–Trinajstić information content (AvgIpc) is 3.05. The quantitative estimate of drug-likeness (QED) is 0.189. The summed E-state index contributed by atoms with van der Waals surface area (Å²) in [5.74, 6) is 1.48. The first kappa shape index (κ1) is 27.3. The zero-order valence-electron chi connectivity index (χ0n) is 19.5. The predicted molar refractivity (Wildman–Crippen MR) is 126 cm³/mol. The fourth-order valence-corrected chi connectivity index (χ4v) is 4.89. The molecule has 5 N–H and O–H groups in total. The summed E-state index contributed by atoms with van der Waals surface area (Å²) in [4.78, 5) is 28.0. The topological polar surface area (TPSA) is 184 Å². The number of carbonyl (C=O) groups excluding carboxylic acids is 1. The molecular weight excluding hydrogens is 495 g/mol. The Kier molecular flexibility index (Phi) is 8.52. The van der Waals surface area contributed by atoms with Crippen LogP contribution in [0.3, 0.4) is 0 Å². The van der Waals surface area contributed by atoms with Gasteiger partial charge in [0.1, 0.15) is 35.4 Å². The van der Waals surface area contributed by atoms with Crippen molar-refractivity contribution in [3.05, 3.63) is 53.1 Å². The second-order valence-electron chi connectivity index (χ2n) is 8.10. The number of nitrogens with zero attached hydrogens (tertiary/aromatic N) is 2. The van der Waals surface area contributed by atoms with Crippen molar-refractivity contribution >= 4 is 19.5 Å². The number of nitrogens with one attached hydrogen (secondary N) is 1. The van der Waals surface area contributed by atoms with E-state index in [2.05, 4.69) is 16.0 Å². The Labute approximate surface area is 206 Å². The van der Waals surface area contributed by atoms with E-state index in [0.29, 0.717) is 0 Å². The number of esters is 1. The number of terminal acetylenes is 1. The second-order valence-corrected chi connectivity index (χ2v) is 9.79. The summed E-state index contributed by atoms with van der Waals surface area (Å²) < 4.78 is 36.1. The van der Waals surface area contributed by atoms with Crippen molar-refractivity contribution in [3.63, 3.8) is 0 Å². The van der Waals surface area contributed by atoms with Gasteiger partial charge < -0.3 is 29.9 Å². The average molecular weight is 522 g/mol. The summed E-state index contributed by atoms with van der Waals surface area (Å²) >= 11 is 0. The molecule has 1 aliphatic rings. The number of carbonyl (C=O) groups is 1. The molecule has 6 atom stereocenters. The number of nitrogens with two attached hydrogens (primary N) is 1. The van der Waals surface area contributed by atoms with E-state index in [1.807, 2.05) is 0 Å². The minimum Gasteiger partial charge on any atom is -0.451 e. The van der Waals surface area contributed by atoms with E-state index in [9.17, 15) is 24.4 Å². The van der Waals surface area contributed by atoms with E-state index in [0.717, 1.165) is 4.57 Å². The molecule has 0 bridgehead atoms. The molecule has 3 rings (SSSR count). The maximum atomic E-state index is 13.6. The number of rotatable bonds is 10. The molecule has 0 saturated carbocycles. The van der Waals surface area contributed by atoms with Crippen LogP contribution in [-0.2, 0) is 23.4 Å². The third-order valence-corrected chi connectivity index (χ3v) is 6.88. The Morgan fingerprint density at radius 3 is 2.75 bits per heavy atom. The van der Waals surface area contributed by atoms with E-state index < -0.39 is 56.1 Å². The van der Waals surface area contributed by atoms with Crippen molar-refractivity contribution in [2.24, 2.45) is 0 Å². The Balaban J connectivity index is 1.79. The molecule has 0 radical (unpaired) electrons. The largest absolute Gasteiger partial charge is 0.459 e. The summed E-state index contributed by atoms with van der Waals surface area (Å²) in [6.07, 6.45) is 2.16. The van der Waals surface area contributed by atoms with Crippen LogP contribution in [0.25, 0.3) is 0 Å². The van der Waals surface area contributed by atoms with E-state index in [1.165, 1.54) is 38.2 Å². The van der Waals surface area contributed by atoms with Gasteiger partial charge in [0, 0.05) is 6.20 Å². The number of anilines is 1. The van der Waals surface area contributed by atoms with Crippen LogP contribution in [0.2, 0.25) is 0 Å². The van der Waals surface area contributed by atoms with Gasteiger partial charge in [0.05, 0.1) is 6.61 Å². The molecule has 1 saturated heterocycles. The molecule has 1 aromatic carbocycles. The Bertz CT molecular complexity index is 1210. The number of hydrogen-bond acceptors (Lipinski definition) is 11. The number of hydrogen-bond donors (Lipinski definition) is 4. The smallest absolute Gasteiger partial charge is 0.451 e. The fourth-order valence-electron chi connectivity index (χ4n) is 3.39. The first-order valence-corrected chi connectivity index (χ1v) is 12.3. The molecule has 36 heavy (non-hydrogen) atoms. The highest BCUT2D eigenvalue weighted by Gasteiger charge is 2.54. The lowest BCUT2D eigenvalue weighted by Crippen LogP contribution is -2.46. The van der Waals surface area contributed by atoms with Crippen LogP contribution in [0.4, 0.5) is 5.82 Å². The van der Waals surface area contributed by atoms with Crippen LogP contribution in [0.5, 0.6) is 5.75 Å². The van der Waals surface area contributed by atoms with Crippen LogP contribution in [0.1, 0.15) is 20.1 Å². The molecule has 0 spiro atoms. The number of nitrogen functional groups attached to an aromatic ring is 1. The molecule has 14 heteroatoms. The zero-order valence-corrected chi connectivity index (χ0v) is 20.4. The molecule has 0 unspecified atom stereocenters. The summed E-state index contributed by atoms with van der Waals surface area (Å²) in [7, 11) is -4.28.